The largest absolute Gasteiger partial charge is 0.460 e. The van der Waals surface area contributed by atoms with Crippen molar-refractivity contribution in [3.63, 3.8) is 0 Å². The normalized spacial score (nSPS) is 14.9. The summed E-state index contributed by atoms with van der Waals surface area (Å²) in [5.41, 5.74) is 0. The minimum absolute atomic E-state index is 0.511. The first-order chi connectivity index (χ1) is 12.0. The third-order valence-corrected chi connectivity index (χ3v) is 3.04. The maximum absolute atomic E-state index is 13.9. The van der Waals surface area contributed by atoms with Gasteiger partial charge in [-0.3, -0.25) is 4.79 Å². The lowest BCUT2D eigenvalue weighted by Crippen LogP contribution is -2.67. The molecule has 0 aliphatic carbocycles. The summed E-state index contributed by atoms with van der Waals surface area (Å²) in [6.07, 6.45) is -8.42. The first-order valence-electron chi connectivity index (χ1n) is 6.51. The number of carbonyl (C=O) groups is 1. The summed E-state index contributed by atoms with van der Waals surface area (Å²) >= 11 is 0. The number of ether oxygens (including phenoxy) is 1. The van der Waals surface area contributed by atoms with E-state index in [9.17, 15) is 53.1 Å². The van der Waals surface area contributed by atoms with Crippen LogP contribution in [0.1, 0.15) is 0 Å². The molecule has 27 heavy (non-hydrogen) atoms. The van der Waals surface area contributed by atoms with E-state index in [0.717, 1.165) is 24.3 Å². The number of carbonyl (C=O) groups excluding carboxylic acids is 1. The number of rotatable bonds is 7. The molecule has 1 aromatic carbocycles. The van der Waals surface area contributed by atoms with Crippen LogP contribution < -0.4 is 4.74 Å². The van der Waals surface area contributed by atoms with Crippen LogP contribution in [0.5, 0.6) is 5.75 Å². The van der Waals surface area contributed by atoms with Gasteiger partial charge in [0.05, 0.1) is 0 Å². The Morgan fingerprint density at radius 3 is 1.63 bits per heavy atom. The topological polar surface area (TPSA) is 26.3 Å². The predicted octanol–water partition coefficient (Wildman–Crippen LogP) is 5.25. The standard InChI is InChI=1S/C14H7F11O2/c15-10(16,9(6-7-26)27-8-4-2-1-3-5-8)11(17,18)12(19,20)13(21,22)14(23,24)25/h1-7H/b9-6+. The SMILES string of the molecule is O=C/C=C(/Oc1ccccc1)C(F)(F)C(F)(F)C(F)(F)C(F)(F)C(F)(F)F. The van der Waals surface area contributed by atoms with Crippen LogP contribution in [0.4, 0.5) is 48.3 Å². The summed E-state index contributed by atoms with van der Waals surface area (Å²) in [4.78, 5) is 10.3. The lowest BCUT2D eigenvalue weighted by molar-refractivity contribution is -0.419. The highest BCUT2D eigenvalue weighted by atomic mass is 19.4. The van der Waals surface area contributed by atoms with Crippen LogP contribution in [0.3, 0.4) is 0 Å². The zero-order chi connectivity index (χ0) is 21.3. The van der Waals surface area contributed by atoms with Gasteiger partial charge in [-0.15, -0.1) is 0 Å². The molecule has 0 fully saturated rings. The highest BCUT2D eigenvalue weighted by Gasteiger charge is 2.88. The molecule has 0 aromatic heterocycles. The van der Waals surface area contributed by atoms with Crippen molar-refractivity contribution < 1.29 is 57.8 Å². The Hall–Kier alpha value is -2.34. The number of para-hydroxylation sites is 1. The van der Waals surface area contributed by atoms with Crippen LogP contribution in [0.15, 0.2) is 42.2 Å². The number of halogens is 11. The van der Waals surface area contributed by atoms with Gasteiger partial charge in [-0.2, -0.15) is 48.3 Å². The molecule has 0 heterocycles. The number of hydrogen-bond donors (Lipinski definition) is 0. The van der Waals surface area contributed by atoms with Crippen molar-refractivity contribution in [2.75, 3.05) is 0 Å². The van der Waals surface area contributed by atoms with Gasteiger partial charge < -0.3 is 4.74 Å². The minimum Gasteiger partial charge on any atom is -0.455 e. The summed E-state index contributed by atoms with van der Waals surface area (Å²) in [6, 6.07) is 5.12. The molecule has 1 rings (SSSR count). The Balaban J connectivity index is 3.47. The molecule has 1 aromatic rings. The highest BCUT2D eigenvalue weighted by molar-refractivity contribution is 5.66. The zero-order valence-electron chi connectivity index (χ0n) is 12.5. The Bertz CT molecular complexity index is 693. The highest BCUT2D eigenvalue weighted by Crippen LogP contribution is 2.58. The molecular weight excluding hydrogens is 409 g/mol. The van der Waals surface area contributed by atoms with Crippen LogP contribution in [0.2, 0.25) is 0 Å². The van der Waals surface area contributed by atoms with Crippen molar-refractivity contribution in [1.29, 1.82) is 0 Å². The number of benzene rings is 1. The summed E-state index contributed by atoms with van der Waals surface area (Å²) in [5.74, 6) is -32.1. The van der Waals surface area contributed by atoms with Gasteiger partial charge in [0.15, 0.2) is 5.76 Å². The minimum atomic E-state index is -7.59. The number of alkyl halides is 11. The van der Waals surface area contributed by atoms with Gasteiger partial charge in [-0.1, -0.05) is 18.2 Å². The lowest BCUT2D eigenvalue weighted by atomic mass is 9.96. The van der Waals surface area contributed by atoms with Gasteiger partial charge >= 0.3 is 29.9 Å². The molecule has 13 heteroatoms. The molecule has 152 valence electrons. The molecule has 0 radical (unpaired) electrons. The fourth-order valence-electron chi connectivity index (χ4n) is 1.61. The van der Waals surface area contributed by atoms with Crippen molar-refractivity contribution in [2.45, 2.75) is 29.9 Å². The third-order valence-electron chi connectivity index (χ3n) is 3.04. The van der Waals surface area contributed by atoms with E-state index in [1.165, 1.54) is 6.07 Å². The number of hydrogen-bond acceptors (Lipinski definition) is 2. The van der Waals surface area contributed by atoms with E-state index in [2.05, 4.69) is 4.74 Å². The van der Waals surface area contributed by atoms with E-state index in [4.69, 9.17) is 0 Å². The van der Waals surface area contributed by atoms with Crippen LogP contribution in [0, 0.1) is 0 Å². The van der Waals surface area contributed by atoms with Crippen molar-refractivity contribution in [3.05, 3.63) is 42.2 Å². The molecule has 0 aliphatic heterocycles. The molecular formula is C14H7F11O2. The van der Waals surface area contributed by atoms with Crippen molar-refractivity contribution >= 4 is 6.29 Å². The zero-order valence-corrected chi connectivity index (χ0v) is 12.5. The second-order valence-electron chi connectivity index (χ2n) is 4.88. The monoisotopic (exact) mass is 416 g/mol. The average Bonchev–Trinajstić information content (AvgIpc) is 2.53. The van der Waals surface area contributed by atoms with Gasteiger partial charge in [0.25, 0.3) is 0 Å². The predicted molar refractivity (Wildman–Crippen MR) is 67.1 cm³/mol. The molecule has 0 saturated carbocycles. The van der Waals surface area contributed by atoms with Gasteiger partial charge in [-0.05, 0) is 12.1 Å². The van der Waals surface area contributed by atoms with E-state index in [-0.39, 0.29) is 0 Å². The Labute approximate surface area is 143 Å². The second kappa shape index (κ2) is 7.00. The van der Waals surface area contributed by atoms with E-state index in [1.54, 1.807) is 0 Å². The maximum atomic E-state index is 13.9. The van der Waals surface area contributed by atoms with Gasteiger partial charge in [0.1, 0.15) is 12.0 Å². The van der Waals surface area contributed by atoms with E-state index in [0.29, 0.717) is 0 Å². The molecule has 0 bridgehead atoms. The van der Waals surface area contributed by atoms with Gasteiger partial charge in [0.2, 0.25) is 0 Å². The molecule has 0 atom stereocenters. The summed E-state index contributed by atoms with van der Waals surface area (Å²) < 4.78 is 147. The van der Waals surface area contributed by atoms with Crippen LogP contribution in [-0.4, -0.2) is 36.2 Å². The third kappa shape index (κ3) is 3.72. The number of aldehydes is 1. The fraction of sp³-hybridized carbons (Fsp3) is 0.357. The maximum Gasteiger partial charge on any atom is 0.460 e. The molecule has 0 amide bonds. The first-order valence-corrected chi connectivity index (χ1v) is 6.51. The smallest absolute Gasteiger partial charge is 0.455 e. The fourth-order valence-corrected chi connectivity index (χ4v) is 1.61. The molecule has 0 saturated heterocycles. The van der Waals surface area contributed by atoms with Crippen LogP contribution in [-0.2, 0) is 4.79 Å². The van der Waals surface area contributed by atoms with Crippen molar-refractivity contribution in [2.24, 2.45) is 0 Å². The summed E-state index contributed by atoms with van der Waals surface area (Å²) in [5, 5.41) is 0. The van der Waals surface area contributed by atoms with Gasteiger partial charge in [0, 0.05) is 6.08 Å². The summed E-state index contributed by atoms with van der Waals surface area (Å²) in [6.45, 7) is 0. The molecule has 2 nitrogen and oxygen atoms in total. The quantitative estimate of drug-likeness (QED) is 0.263. The van der Waals surface area contributed by atoms with E-state index < -0.39 is 53.7 Å². The van der Waals surface area contributed by atoms with Crippen LogP contribution >= 0.6 is 0 Å². The van der Waals surface area contributed by atoms with E-state index in [1.807, 2.05) is 0 Å². The first kappa shape index (κ1) is 22.7. The average molecular weight is 416 g/mol. The molecule has 0 N–H and O–H groups in total. The van der Waals surface area contributed by atoms with E-state index >= 15 is 0 Å². The Morgan fingerprint density at radius 2 is 1.22 bits per heavy atom. The van der Waals surface area contributed by atoms with Gasteiger partial charge in [-0.25, -0.2) is 0 Å². The molecule has 0 spiro atoms. The van der Waals surface area contributed by atoms with Crippen molar-refractivity contribution in [1.82, 2.24) is 0 Å². The molecule has 0 aliphatic rings. The Morgan fingerprint density at radius 1 is 0.741 bits per heavy atom. The Kier molecular flexibility index (Phi) is 5.89. The van der Waals surface area contributed by atoms with Crippen molar-refractivity contribution in [3.8, 4) is 5.75 Å². The molecule has 0 unspecified atom stereocenters. The summed E-state index contributed by atoms with van der Waals surface area (Å²) in [7, 11) is 0. The second-order valence-corrected chi connectivity index (χ2v) is 4.88. The van der Waals surface area contributed by atoms with Crippen LogP contribution in [0.25, 0.3) is 0 Å². The lowest BCUT2D eigenvalue weighted by Gasteiger charge is -2.37. The number of allylic oxidation sites excluding steroid dienone is 2.